The van der Waals surface area contributed by atoms with Gasteiger partial charge in [0.15, 0.2) is 5.76 Å². The fourth-order valence-electron chi connectivity index (χ4n) is 2.95. The first kappa shape index (κ1) is 15.5. The van der Waals surface area contributed by atoms with Gasteiger partial charge in [-0.2, -0.15) is 0 Å². The van der Waals surface area contributed by atoms with E-state index in [9.17, 15) is 5.11 Å². The van der Waals surface area contributed by atoms with Crippen molar-refractivity contribution >= 4 is 0 Å². The molecule has 2 heterocycles. The third-order valence-corrected chi connectivity index (χ3v) is 3.87. The van der Waals surface area contributed by atoms with Gasteiger partial charge in [-0.3, -0.25) is 4.90 Å². The predicted molar refractivity (Wildman–Crippen MR) is 76.2 cm³/mol. The highest BCUT2D eigenvalue weighted by Crippen LogP contribution is 2.22. The van der Waals surface area contributed by atoms with Gasteiger partial charge < -0.3 is 14.4 Å². The second kappa shape index (κ2) is 7.76. The van der Waals surface area contributed by atoms with Gasteiger partial charge in [-0.1, -0.05) is 18.0 Å². The second-order valence-corrected chi connectivity index (χ2v) is 5.78. The maximum absolute atomic E-state index is 9.68. The van der Waals surface area contributed by atoms with Crippen LogP contribution in [-0.4, -0.2) is 41.0 Å². The van der Waals surface area contributed by atoms with E-state index in [1.807, 2.05) is 13.0 Å². The minimum absolute atomic E-state index is 0.248. The van der Waals surface area contributed by atoms with Crippen LogP contribution in [0.5, 0.6) is 0 Å². The van der Waals surface area contributed by atoms with Crippen molar-refractivity contribution in [2.75, 3.05) is 13.7 Å². The molecule has 0 aliphatic carbocycles. The minimum atomic E-state index is -0.248. The number of ether oxygens (including phenoxy) is 1. The Morgan fingerprint density at radius 1 is 1.50 bits per heavy atom. The number of likely N-dealkylation sites (tertiary alicyclic amines) is 1. The lowest BCUT2D eigenvalue weighted by molar-refractivity contribution is 0.106. The molecule has 0 spiro atoms. The Hall–Kier alpha value is -0.910. The van der Waals surface area contributed by atoms with Crippen molar-refractivity contribution in [3.8, 4) is 0 Å². The van der Waals surface area contributed by atoms with Crippen LogP contribution in [0.2, 0.25) is 0 Å². The van der Waals surface area contributed by atoms with Crippen LogP contribution in [0.15, 0.2) is 10.6 Å². The second-order valence-electron chi connectivity index (χ2n) is 5.78. The van der Waals surface area contributed by atoms with Gasteiger partial charge in [0.25, 0.3) is 0 Å². The normalized spacial score (nSPS) is 22.6. The van der Waals surface area contributed by atoms with E-state index in [0.717, 1.165) is 37.4 Å². The molecule has 0 bridgehead atoms. The van der Waals surface area contributed by atoms with Crippen molar-refractivity contribution in [1.29, 1.82) is 0 Å². The van der Waals surface area contributed by atoms with Gasteiger partial charge in [-0.15, -0.1) is 0 Å². The van der Waals surface area contributed by atoms with Crippen LogP contribution in [0, 0.1) is 0 Å². The molecular weight excluding hydrogens is 256 g/mol. The number of aromatic nitrogens is 1. The Kier molecular flexibility index (Phi) is 6.01. The number of hydrogen-bond acceptors (Lipinski definition) is 5. The molecule has 0 aromatic carbocycles. The van der Waals surface area contributed by atoms with E-state index in [-0.39, 0.29) is 6.10 Å². The molecule has 2 rings (SSSR count). The first-order valence-corrected chi connectivity index (χ1v) is 7.54. The van der Waals surface area contributed by atoms with Gasteiger partial charge in [0.05, 0.1) is 11.8 Å². The zero-order valence-corrected chi connectivity index (χ0v) is 12.5. The Morgan fingerprint density at radius 3 is 3.10 bits per heavy atom. The highest BCUT2D eigenvalue weighted by Gasteiger charge is 2.23. The highest BCUT2D eigenvalue weighted by molar-refractivity contribution is 5.05. The summed E-state index contributed by atoms with van der Waals surface area (Å²) in [6.07, 6.45) is 5.50. The Balaban J connectivity index is 1.98. The van der Waals surface area contributed by atoms with Gasteiger partial charge in [-0.25, -0.2) is 0 Å². The smallest absolute Gasteiger partial charge is 0.162 e. The zero-order chi connectivity index (χ0) is 14.4. The summed E-state index contributed by atoms with van der Waals surface area (Å²) >= 11 is 0. The minimum Gasteiger partial charge on any atom is -0.393 e. The molecule has 2 atom stereocenters. The van der Waals surface area contributed by atoms with Gasteiger partial charge in [0.1, 0.15) is 6.61 Å². The molecule has 5 nitrogen and oxygen atoms in total. The van der Waals surface area contributed by atoms with Gasteiger partial charge in [0, 0.05) is 25.8 Å². The third-order valence-electron chi connectivity index (χ3n) is 3.87. The molecule has 0 saturated carbocycles. The van der Waals surface area contributed by atoms with Gasteiger partial charge >= 0.3 is 0 Å². The lowest BCUT2D eigenvalue weighted by Gasteiger charge is -2.30. The molecule has 1 aliphatic rings. The number of nitrogens with zero attached hydrogens (tertiary/aromatic N) is 2. The van der Waals surface area contributed by atoms with Crippen LogP contribution >= 0.6 is 0 Å². The summed E-state index contributed by atoms with van der Waals surface area (Å²) in [6.45, 7) is 4.20. The summed E-state index contributed by atoms with van der Waals surface area (Å²) in [6, 6.07) is 2.41. The summed E-state index contributed by atoms with van der Waals surface area (Å²) in [5.41, 5.74) is 0.953. The van der Waals surface area contributed by atoms with Crippen molar-refractivity contribution in [1.82, 2.24) is 10.1 Å². The van der Waals surface area contributed by atoms with Crippen LogP contribution < -0.4 is 0 Å². The predicted octanol–water partition coefficient (Wildman–Crippen LogP) is 2.34. The van der Waals surface area contributed by atoms with E-state index in [4.69, 9.17) is 9.26 Å². The summed E-state index contributed by atoms with van der Waals surface area (Å²) in [7, 11) is 1.65. The monoisotopic (exact) mass is 282 g/mol. The quantitative estimate of drug-likeness (QED) is 0.868. The first-order valence-electron chi connectivity index (χ1n) is 7.54. The number of rotatable bonds is 6. The van der Waals surface area contributed by atoms with Crippen LogP contribution in [-0.2, 0) is 17.9 Å². The molecule has 20 heavy (non-hydrogen) atoms. The lowest BCUT2D eigenvalue weighted by Crippen LogP contribution is -2.36. The number of aliphatic hydroxyl groups excluding tert-OH is 1. The molecule has 1 aliphatic heterocycles. The molecule has 2 unspecified atom stereocenters. The molecule has 1 saturated heterocycles. The average molecular weight is 282 g/mol. The van der Waals surface area contributed by atoms with E-state index < -0.39 is 0 Å². The molecule has 0 amide bonds. The van der Waals surface area contributed by atoms with Crippen LogP contribution in [0.1, 0.15) is 50.5 Å². The lowest BCUT2D eigenvalue weighted by atomic mass is 10.0. The number of methoxy groups -OCH3 is 1. The summed E-state index contributed by atoms with van der Waals surface area (Å²) < 4.78 is 10.3. The van der Waals surface area contributed by atoms with Gasteiger partial charge in [-0.05, 0) is 32.7 Å². The number of aliphatic hydroxyl groups is 1. The highest BCUT2D eigenvalue weighted by atomic mass is 16.5. The van der Waals surface area contributed by atoms with E-state index >= 15 is 0 Å². The molecule has 1 fully saturated rings. The average Bonchev–Trinajstić information content (AvgIpc) is 2.72. The van der Waals surface area contributed by atoms with Crippen LogP contribution in [0.25, 0.3) is 0 Å². The molecule has 114 valence electrons. The standard InChI is InChI=1S/C15H26N2O3/c1-12(18)8-14-6-4-3-5-7-17(14)10-13-9-15(11-19-2)20-16-13/h9,12,14,18H,3-8,10-11H2,1-2H3. The van der Waals surface area contributed by atoms with Crippen molar-refractivity contribution < 1.29 is 14.4 Å². The molecule has 1 aromatic rings. The van der Waals surface area contributed by atoms with E-state index in [2.05, 4.69) is 10.1 Å². The van der Waals surface area contributed by atoms with E-state index in [0.29, 0.717) is 12.6 Å². The van der Waals surface area contributed by atoms with Crippen molar-refractivity contribution in [2.24, 2.45) is 0 Å². The first-order chi connectivity index (χ1) is 9.69. The molecular formula is C15H26N2O3. The largest absolute Gasteiger partial charge is 0.393 e. The fourth-order valence-corrected chi connectivity index (χ4v) is 2.95. The van der Waals surface area contributed by atoms with E-state index in [1.165, 1.54) is 19.3 Å². The summed E-state index contributed by atoms with van der Waals surface area (Å²) in [5.74, 6) is 0.768. The maximum Gasteiger partial charge on any atom is 0.162 e. The zero-order valence-electron chi connectivity index (χ0n) is 12.5. The molecule has 1 N–H and O–H groups in total. The Bertz CT molecular complexity index is 392. The molecule has 1 aromatic heterocycles. The molecule has 0 radical (unpaired) electrons. The molecule has 5 heteroatoms. The van der Waals surface area contributed by atoms with Crippen LogP contribution in [0.4, 0.5) is 0 Å². The number of hydrogen-bond donors (Lipinski definition) is 1. The van der Waals surface area contributed by atoms with Gasteiger partial charge in [0.2, 0.25) is 0 Å². The van der Waals surface area contributed by atoms with Crippen molar-refractivity contribution in [3.63, 3.8) is 0 Å². The Morgan fingerprint density at radius 2 is 2.35 bits per heavy atom. The maximum atomic E-state index is 9.68. The Labute approximate surface area is 120 Å². The van der Waals surface area contributed by atoms with Crippen LogP contribution in [0.3, 0.4) is 0 Å². The topological polar surface area (TPSA) is 58.7 Å². The summed E-state index contributed by atoms with van der Waals surface area (Å²) in [5, 5.41) is 13.8. The fraction of sp³-hybridized carbons (Fsp3) is 0.800. The van der Waals surface area contributed by atoms with Crippen molar-refractivity contribution in [3.05, 3.63) is 17.5 Å². The SMILES string of the molecule is COCc1cc(CN2CCCCCC2CC(C)O)no1. The van der Waals surface area contributed by atoms with Crippen molar-refractivity contribution in [2.45, 2.75) is 64.3 Å². The van der Waals surface area contributed by atoms with E-state index in [1.54, 1.807) is 7.11 Å². The third kappa shape index (κ3) is 4.58. The summed E-state index contributed by atoms with van der Waals surface area (Å²) in [4.78, 5) is 2.44.